The summed E-state index contributed by atoms with van der Waals surface area (Å²) in [6.07, 6.45) is 1.97. The van der Waals surface area contributed by atoms with Crippen molar-refractivity contribution in [3.05, 3.63) is 5.89 Å². The molecule has 1 saturated heterocycles. The van der Waals surface area contributed by atoms with Gasteiger partial charge in [0.2, 0.25) is 5.89 Å². The molecule has 1 fully saturated rings. The Morgan fingerprint density at radius 3 is 2.60 bits per heavy atom. The van der Waals surface area contributed by atoms with Crippen LogP contribution >= 0.6 is 0 Å². The third-order valence-electron chi connectivity index (χ3n) is 2.62. The summed E-state index contributed by atoms with van der Waals surface area (Å²) in [6.45, 7) is 0. The Hall–Kier alpha value is -1.11. The number of nitrogens with zero attached hydrogens (tertiary/aromatic N) is 2. The molecule has 0 radical (unpaired) electrons. The molecule has 2 N–H and O–H groups in total. The Labute approximate surface area is 87.8 Å². The largest absolute Gasteiger partial charge is 0.365 e. The minimum absolute atomic E-state index is 0.133. The lowest BCUT2D eigenvalue weighted by Crippen LogP contribution is -2.24. The molecule has 1 aromatic heterocycles. The molecule has 0 aromatic carbocycles. The van der Waals surface area contributed by atoms with E-state index in [0.717, 1.165) is 0 Å². The molecule has 0 saturated carbocycles. The molecule has 0 spiro atoms. The van der Waals surface area contributed by atoms with Crippen molar-refractivity contribution in [2.45, 2.75) is 19.3 Å². The van der Waals surface area contributed by atoms with E-state index in [2.05, 4.69) is 10.1 Å². The first-order valence-corrected chi connectivity index (χ1v) is 6.66. The maximum atomic E-state index is 11.2. The van der Waals surface area contributed by atoms with Crippen molar-refractivity contribution in [1.82, 2.24) is 10.1 Å². The molecule has 0 amide bonds. The number of hydrogen-bond donors (Lipinski definition) is 1. The Balaban J connectivity index is 1.92. The molecule has 0 unspecified atom stereocenters. The zero-order valence-electron chi connectivity index (χ0n) is 8.22. The average Bonchev–Trinajstić information content (AvgIpc) is 2.55. The molecule has 7 heteroatoms. The van der Waals surface area contributed by atoms with Crippen LogP contribution in [0.2, 0.25) is 0 Å². The maximum absolute atomic E-state index is 11.2. The summed E-state index contributed by atoms with van der Waals surface area (Å²) in [5.74, 6) is 1.47. The third-order valence-corrected chi connectivity index (χ3v) is 4.34. The van der Waals surface area contributed by atoms with Crippen LogP contribution in [0.3, 0.4) is 0 Å². The van der Waals surface area contributed by atoms with Crippen LogP contribution in [-0.4, -0.2) is 30.1 Å². The van der Waals surface area contributed by atoms with Gasteiger partial charge < -0.3 is 10.3 Å². The van der Waals surface area contributed by atoms with Gasteiger partial charge in [0.1, 0.15) is 9.84 Å². The quantitative estimate of drug-likeness (QED) is 0.770. The smallest absolute Gasteiger partial charge is 0.260 e. The van der Waals surface area contributed by atoms with Gasteiger partial charge in [-0.05, 0) is 23.9 Å². The lowest BCUT2D eigenvalue weighted by atomic mass is 9.99. The van der Waals surface area contributed by atoms with E-state index in [1.807, 2.05) is 0 Å². The van der Waals surface area contributed by atoms with Crippen LogP contribution in [0.5, 0.6) is 0 Å². The van der Waals surface area contributed by atoms with Crippen molar-refractivity contribution in [2.75, 3.05) is 17.2 Å². The summed E-state index contributed by atoms with van der Waals surface area (Å²) in [4.78, 5) is 3.89. The molecule has 84 valence electrons. The predicted octanol–water partition coefficient (Wildman–Crippen LogP) is 0.0191. The van der Waals surface area contributed by atoms with Gasteiger partial charge in [-0.2, -0.15) is 4.98 Å². The summed E-state index contributed by atoms with van der Waals surface area (Å²) in [5.41, 5.74) is 5.31. The van der Waals surface area contributed by atoms with E-state index in [0.29, 0.717) is 31.1 Å². The highest BCUT2D eigenvalue weighted by molar-refractivity contribution is 7.91. The minimum Gasteiger partial charge on any atom is -0.365 e. The number of nitrogen functional groups attached to an aromatic ring is 1. The second kappa shape index (κ2) is 3.80. The van der Waals surface area contributed by atoms with Crippen molar-refractivity contribution in [2.24, 2.45) is 5.92 Å². The van der Waals surface area contributed by atoms with Crippen molar-refractivity contribution >= 4 is 15.8 Å². The fourth-order valence-corrected chi connectivity index (χ4v) is 3.33. The molecule has 1 aliphatic heterocycles. The molecule has 0 bridgehead atoms. The topological polar surface area (TPSA) is 99.1 Å². The average molecular weight is 231 g/mol. The number of anilines is 1. The summed E-state index contributed by atoms with van der Waals surface area (Å²) in [5, 5.41) is 3.48. The molecule has 1 aliphatic rings. The minimum atomic E-state index is -2.79. The van der Waals surface area contributed by atoms with E-state index < -0.39 is 9.84 Å². The zero-order valence-corrected chi connectivity index (χ0v) is 9.03. The Kier molecular flexibility index (Phi) is 2.64. The van der Waals surface area contributed by atoms with Crippen molar-refractivity contribution in [3.8, 4) is 0 Å². The van der Waals surface area contributed by atoms with Gasteiger partial charge in [0.25, 0.3) is 5.95 Å². The van der Waals surface area contributed by atoms with Crippen molar-refractivity contribution in [1.29, 1.82) is 0 Å². The second-order valence-corrected chi connectivity index (χ2v) is 6.15. The molecule has 2 rings (SSSR count). The van der Waals surface area contributed by atoms with Crippen molar-refractivity contribution < 1.29 is 12.9 Å². The first-order valence-electron chi connectivity index (χ1n) is 4.84. The van der Waals surface area contributed by atoms with Crippen LogP contribution in [0.25, 0.3) is 0 Å². The van der Waals surface area contributed by atoms with Gasteiger partial charge in [-0.25, -0.2) is 8.42 Å². The second-order valence-electron chi connectivity index (χ2n) is 3.85. The summed E-state index contributed by atoms with van der Waals surface area (Å²) in [7, 11) is -2.79. The third kappa shape index (κ3) is 2.68. The number of hydrogen-bond acceptors (Lipinski definition) is 6. The first-order chi connectivity index (χ1) is 7.05. The van der Waals surface area contributed by atoms with Crippen LogP contribution in [0.1, 0.15) is 18.7 Å². The number of rotatable bonds is 2. The monoisotopic (exact) mass is 231 g/mol. The highest BCUT2D eigenvalue weighted by atomic mass is 32.2. The fraction of sp³-hybridized carbons (Fsp3) is 0.750. The standard InChI is InChI=1S/C8H13N3O3S/c9-8-10-7(14-11-8)5-6-1-3-15(12,13)4-2-6/h6H,1-5H2,(H2,9,11). The molecule has 6 nitrogen and oxygen atoms in total. The van der Waals surface area contributed by atoms with Crippen LogP contribution in [0.4, 0.5) is 5.95 Å². The maximum Gasteiger partial charge on any atom is 0.260 e. The van der Waals surface area contributed by atoms with E-state index in [9.17, 15) is 8.42 Å². The van der Waals surface area contributed by atoms with Gasteiger partial charge >= 0.3 is 0 Å². The lowest BCUT2D eigenvalue weighted by molar-refractivity contribution is 0.342. The van der Waals surface area contributed by atoms with Gasteiger partial charge in [0, 0.05) is 6.42 Å². The first kappa shape index (κ1) is 10.4. The van der Waals surface area contributed by atoms with Gasteiger partial charge in [-0.3, -0.25) is 0 Å². The molecule has 2 heterocycles. The van der Waals surface area contributed by atoms with Crippen LogP contribution < -0.4 is 5.73 Å². The van der Waals surface area contributed by atoms with Crippen LogP contribution in [0, 0.1) is 5.92 Å². The highest BCUT2D eigenvalue weighted by Crippen LogP contribution is 2.22. The summed E-state index contributed by atoms with van der Waals surface area (Å²) in [6, 6.07) is 0. The van der Waals surface area contributed by atoms with E-state index >= 15 is 0 Å². The Morgan fingerprint density at radius 1 is 1.40 bits per heavy atom. The Morgan fingerprint density at radius 2 is 2.07 bits per heavy atom. The van der Waals surface area contributed by atoms with Gasteiger partial charge in [-0.1, -0.05) is 0 Å². The van der Waals surface area contributed by atoms with Gasteiger partial charge in [0.15, 0.2) is 0 Å². The highest BCUT2D eigenvalue weighted by Gasteiger charge is 2.25. The molecular formula is C8H13N3O3S. The van der Waals surface area contributed by atoms with E-state index in [-0.39, 0.29) is 17.5 Å². The SMILES string of the molecule is Nc1noc(CC2CCS(=O)(=O)CC2)n1. The van der Waals surface area contributed by atoms with Crippen LogP contribution in [0.15, 0.2) is 4.52 Å². The molecular weight excluding hydrogens is 218 g/mol. The number of sulfone groups is 1. The summed E-state index contributed by atoms with van der Waals surface area (Å²) < 4.78 is 27.2. The lowest BCUT2D eigenvalue weighted by Gasteiger charge is -2.19. The normalized spacial score (nSPS) is 21.6. The van der Waals surface area contributed by atoms with E-state index in [1.165, 1.54) is 0 Å². The molecule has 0 atom stereocenters. The number of nitrogens with two attached hydrogens (primary N) is 1. The molecule has 15 heavy (non-hydrogen) atoms. The van der Waals surface area contributed by atoms with E-state index in [4.69, 9.17) is 10.3 Å². The van der Waals surface area contributed by atoms with E-state index in [1.54, 1.807) is 0 Å². The Bertz CT molecular complexity index is 426. The van der Waals surface area contributed by atoms with Gasteiger partial charge in [0.05, 0.1) is 11.5 Å². The van der Waals surface area contributed by atoms with Crippen molar-refractivity contribution in [3.63, 3.8) is 0 Å². The zero-order chi connectivity index (χ0) is 10.9. The van der Waals surface area contributed by atoms with Crippen LogP contribution in [-0.2, 0) is 16.3 Å². The van der Waals surface area contributed by atoms with Gasteiger partial charge in [-0.15, -0.1) is 0 Å². The molecule has 1 aromatic rings. The number of aromatic nitrogens is 2. The predicted molar refractivity (Wildman–Crippen MR) is 53.8 cm³/mol. The molecule has 0 aliphatic carbocycles. The fourth-order valence-electron chi connectivity index (χ4n) is 1.74. The summed E-state index contributed by atoms with van der Waals surface area (Å²) >= 11 is 0.